The van der Waals surface area contributed by atoms with Gasteiger partial charge in [0.15, 0.2) is 0 Å². The number of amides is 1. The van der Waals surface area contributed by atoms with Crippen LogP contribution in [0.1, 0.15) is 33.1 Å². The molecule has 2 saturated heterocycles. The maximum absolute atomic E-state index is 12.5. The van der Waals surface area contributed by atoms with Gasteiger partial charge in [-0.25, -0.2) is 0 Å². The molecule has 2 atom stereocenters. The van der Waals surface area contributed by atoms with E-state index in [1.54, 1.807) is 0 Å². The van der Waals surface area contributed by atoms with Gasteiger partial charge < -0.3 is 15.4 Å². The number of carbonyl (C=O) groups excluding carboxylic acids is 1. The molecule has 0 spiro atoms. The van der Waals surface area contributed by atoms with Crippen LogP contribution in [-0.2, 0) is 9.53 Å². The van der Waals surface area contributed by atoms with Crippen LogP contribution in [0.25, 0.3) is 0 Å². The normalized spacial score (nSPS) is 33.5. The molecule has 17 heavy (non-hydrogen) atoms. The van der Waals surface area contributed by atoms with E-state index in [9.17, 15) is 4.79 Å². The minimum atomic E-state index is -0.672. The summed E-state index contributed by atoms with van der Waals surface area (Å²) >= 11 is 0. The van der Waals surface area contributed by atoms with Crippen LogP contribution in [0.3, 0.4) is 0 Å². The highest BCUT2D eigenvalue weighted by Gasteiger charge is 2.40. The lowest BCUT2D eigenvalue weighted by molar-refractivity contribution is -0.143. The predicted octanol–water partition coefficient (Wildman–Crippen LogP) is 0.999. The number of hydrogen-bond acceptors (Lipinski definition) is 3. The summed E-state index contributed by atoms with van der Waals surface area (Å²) in [7, 11) is 0. The Hall–Kier alpha value is -0.610. The lowest BCUT2D eigenvalue weighted by Gasteiger charge is -2.41. The Labute approximate surface area is 103 Å². The van der Waals surface area contributed by atoms with Crippen LogP contribution in [0.15, 0.2) is 0 Å². The van der Waals surface area contributed by atoms with Crippen molar-refractivity contribution < 1.29 is 9.53 Å². The van der Waals surface area contributed by atoms with Crippen molar-refractivity contribution in [1.82, 2.24) is 4.90 Å². The number of piperidine rings is 1. The van der Waals surface area contributed by atoms with E-state index in [0.717, 1.165) is 13.1 Å². The highest BCUT2D eigenvalue weighted by molar-refractivity contribution is 5.86. The minimum absolute atomic E-state index is 0.138. The fourth-order valence-corrected chi connectivity index (χ4v) is 3.09. The molecule has 0 aliphatic carbocycles. The summed E-state index contributed by atoms with van der Waals surface area (Å²) in [5.74, 6) is 1.32. The van der Waals surface area contributed by atoms with E-state index in [0.29, 0.717) is 37.9 Å². The minimum Gasteiger partial charge on any atom is -0.381 e. The second-order valence-corrected chi connectivity index (χ2v) is 5.92. The third kappa shape index (κ3) is 2.80. The molecule has 2 aliphatic heterocycles. The molecule has 2 heterocycles. The summed E-state index contributed by atoms with van der Waals surface area (Å²) in [5.41, 5.74) is 5.58. The van der Waals surface area contributed by atoms with Crippen molar-refractivity contribution in [3.8, 4) is 0 Å². The van der Waals surface area contributed by atoms with Gasteiger partial charge in [-0.15, -0.1) is 0 Å². The van der Waals surface area contributed by atoms with Crippen molar-refractivity contribution in [1.29, 1.82) is 0 Å². The van der Waals surface area contributed by atoms with Gasteiger partial charge in [-0.1, -0.05) is 13.8 Å². The van der Waals surface area contributed by atoms with Crippen LogP contribution in [0.4, 0.5) is 0 Å². The number of nitrogens with zero attached hydrogens (tertiary/aromatic N) is 1. The van der Waals surface area contributed by atoms with Gasteiger partial charge >= 0.3 is 0 Å². The Morgan fingerprint density at radius 3 is 2.29 bits per heavy atom. The molecular weight excluding hydrogens is 216 g/mol. The van der Waals surface area contributed by atoms with E-state index in [2.05, 4.69) is 13.8 Å². The highest BCUT2D eigenvalue weighted by Crippen LogP contribution is 2.26. The fourth-order valence-electron chi connectivity index (χ4n) is 3.09. The number of carbonyl (C=O) groups is 1. The Morgan fingerprint density at radius 2 is 1.76 bits per heavy atom. The Balaban J connectivity index is 2.03. The second-order valence-electron chi connectivity index (χ2n) is 5.92. The first-order chi connectivity index (χ1) is 8.01. The zero-order valence-electron chi connectivity index (χ0n) is 10.9. The highest BCUT2D eigenvalue weighted by atomic mass is 16.5. The first-order valence-corrected chi connectivity index (χ1v) is 6.67. The smallest absolute Gasteiger partial charge is 0.242 e. The molecule has 98 valence electrons. The predicted molar refractivity (Wildman–Crippen MR) is 66.5 cm³/mol. The van der Waals surface area contributed by atoms with E-state index in [-0.39, 0.29) is 5.91 Å². The summed E-state index contributed by atoms with van der Waals surface area (Å²) in [6.45, 7) is 7.38. The second kappa shape index (κ2) is 4.94. The van der Waals surface area contributed by atoms with E-state index in [1.807, 2.05) is 4.90 Å². The zero-order chi connectivity index (χ0) is 12.5. The van der Waals surface area contributed by atoms with Gasteiger partial charge in [0.25, 0.3) is 0 Å². The Kier molecular flexibility index (Phi) is 3.73. The van der Waals surface area contributed by atoms with Gasteiger partial charge in [-0.3, -0.25) is 4.79 Å². The van der Waals surface area contributed by atoms with Crippen molar-refractivity contribution in [2.45, 2.75) is 38.6 Å². The average molecular weight is 240 g/mol. The van der Waals surface area contributed by atoms with Crippen molar-refractivity contribution in [2.75, 3.05) is 26.3 Å². The Bertz CT molecular complexity index is 277. The average Bonchev–Trinajstić information content (AvgIpc) is 2.27. The zero-order valence-corrected chi connectivity index (χ0v) is 10.9. The van der Waals surface area contributed by atoms with Gasteiger partial charge in [0, 0.05) is 26.3 Å². The number of rotatable bonds is 1. The molecule has 2 rings (SSSR count). The van der Waals surface area contributed by atoms with Gasteiger partial charge in [0.05, 0.1) is 5.54 Å². The van der Waals surface area contributed by atoms with Crippen LogP contribution < -0.4 is 5.73 Å². The molecule has 0 saturated carbocycles. The summed E-state index contributed by atoms with van der Waals surface area (Å²) in [6, 6.07) is 0. The molecule has 2 N–H and O–H groups in total. The number of hydrogen-bond donors (Lipinski definition) is 1. The maximum Gasteiger partial charge on any atom is 0.242 e. The molecule has 0 aromatic rings. The Morgan fingerprint density at radius 1 is 1.24 bits per heavy atom. The molecule has 4 heteroatoms. The van der Waals surface area contributed by atoms with Crippen molar-refractivity contribution in [2.24, 2.45) is 17.6 Å². The number of nitrogens with two attached hydrogens (primary N) is 1. The quantitative estimate of drug-likeness (QED) is 0.744. The van der Waals surface area contributed by atoms with Gasteiger partial charge in [-0.05, 0) is 31.1 Å². The van der Waals surface area contributed by atoms with Crippen LogP contribution in [0.2, 0.25) is 0 Å². The third-order valence-electron chi connectivity index (χ3n) is 3.97. The monoisotopic (exact) mass is 240 g/mol. The summed E-state index contributed by atoms with van der Waals surface area (Å²) < 4.78 is 5.29. The fraction of sp³-hybridized carbons (Fsp3) is 0.923. The lowest BCUT2D eigenvalue weighted by Crippen LogP contribution is -2.60. The van der Waals surface area contributed by atoms with E-state index < -0.39 is 5.54 Å². The molecule has 0 bridgehead atoms. The molecule has 2 aliphatic rings. The maximum atomic E-state index is 12.5. The van der Waals surface area contributed by atoms with Crippen LogP contribution >= 0.6 is 0 Å². The van der Waals surface area contributed by atoms with Crippen LogP contribution in [0, 0.1) is 11.8 Å². The van der Waals surface area contributed by atoms with Gasteiger partial charge in [0.2, 0.25) is 5.91 Å². The molecule has 2 fully saturated rings. The van der Waals surface area contributed by atoms with E-state index in [1.165, 1.54) is 6.42 Å². The first-order valence-electron chi connectivity index (χ1n) is 6.67. The molecule has 4 nitrogen and oxygen atoms in total. The largest absolute Gasteiger partial charge is 0.381 e. The topological polar surface area (TPSA) is 55.6 Å². The molecule has 2 unspecified atom stereocenters. The summed E-state index contributed by atoms with van der Waals surface area (Å²) in [5, 5.41) is 0. The lowest BCUT2D eigenvalue weighted by atomic mass is 9.86. The number of ether oxygens (including phenoxy) is 1. The van der Waals surface area contributed by atoms with E-state index >= 15 is 0 Å². The van der Waals surface area contributed by atoms with Crippen molar-refractivity contribution in [3.63, 3.8) is 0 Å². The van der Waals surface area contributed by atoms with Crippen LogP contribution in [-0.4, -0.2) is 42.6 Å². The molecule has 0 aromatic carbocycles. The molecule has 1 amide bonds. The first kappa shape index (κ1) is 12.8. The third-order valence-corrected chi connectivity index (χ3v) is 3.97. The van der Waals surface area contributed by atoms with Gasteiger partial charge in [0.1, 0.15) is 0 Å². The van der Waals surface area contributed by atoms with Crippen molar-refractivity contribution in [3.05, 3.63) is 0 Å². The van der Waals surface area contributed by atoms with Crippen molar-refractivity contribution >= 4 is 5.91 Å². The standard InChI is InChI=1S/C13H24N2O2/c1-10-7-11(2)9-15(8-10)12(16)13(14)3-5-17-6-4-13/h10-11H,3-9,14H2,1-2H3. The molecular formula is C13H24N2O2. The van der Waals surface area contributed by atoms with Gasteiger partial charge in [-0.2, -0.15) is 0 Å². The summed E-state index contributed by atoms with van der Waals surface area (Å²) in [4.78, 5) is 14.5. The van der Waals surface area contributed by atoms with E-state index in [4.69, 9.17) is 10.5 Å². The summed E-state index contributed by atoms with van der Waals surface area (Å²) in [6.07, 6.45) is 2.53. The SMILES string of the molecule is CC1CC(C)CN(C(=O)C2(N)CCOCC2)C1. The van der Waals surface area contributed by atoms with Crippen LogP contribution in [0.5, 0.6) is 0 Å². The molecule has 0 aromatic heterocycles. The molecule has 0 radical (unpaired) electrons. The number of likely N-dealkylation sites (tertiary alicyclic amines) is 1.